The normalized spacial score (nSPS) is 12.9. The van der Waals surface area contributed by atoms with Crippen molar-refractivity contribution in [2.24, 2.45) is 5.73 Å². The summed E-state index contributed by atoms with van der Waals surface area (Å²) in [4.78, 5) is 14.5. The average Bonchev–Trinajstić information content (AvgIpc) is 2.70. The van der Waals surface area contributed by atoms with Crippen LogP contribution < -0.4 is 5.73 Å². The van der Waals surface area contributed by atoms with Gasteiger partial charge in [-0.15, -0.1) is 0 Å². The first-order chi connectivity index (χ1) is 7.63. The van der Waals surface area contributed by atoms with Crippen LogP contribution in [0.4, 0.5) is 0 Å². The largest absolute Gasteiger partial charge is 0.361 e. The van der Waals surface area contributed by atoms with Crippen LogP contribution in [0.25, 0.3) is 10.9 Å². The number of nitrogens with two attached hydrogens (primary N) is 1. The summed E-state index contributed by atoms with van der Waals surface area (Å²) in [5.41, 5.74) is 8.66. The van der Waals surface area contributed by atoms with Gasteiger partial charge in [0.1, 0.15) is 0 Å². The summed E-state index contributed by atoms with van der Waals surface area (Å²) in [6.07, 6.45) is 1.98. The molecule has 0 bridgehead atoms. The molecule has 0 radical (unpaired) electrons. The Hall–Kier alpha value is -1.61. The van der Waals surface area contributed by atoms with E-state index in [0.29, 0.717) is 12.5 Å². The molecule has 0 spiro atoms. The van der Waals surface area contributed by atoms with Crippen LogP contribution >= 0.6 is 0 Å². The lowest BCUT2D eigenvalue weighted by molar-refractivity contribution is 0.101. The Morgan fingerprint density at radius 1 is 1.50 bits per heavy atom. The quantitative estimate of drug-likeness (QED) is 0.774. The van der Waals surface area contributed by atoms with Gasteiger partial charge < -0.3 is 10.7 Å². The van der Waals surface area contributed by atoms with E-state index in [-0.39, 0.29) is 5.78 Å². The minimum atomic E-state index is 0.0921. The Morgan fingerprint density at radius 2 is 2.25 bits per heavy atom. The Morgan fingerprint density at radius 3 is 2.88 bits per heavy atom. The smallest absolute Gasteiger partial charge is 0.159 e. The third-order valence-electron chi connectivity index (χ3n) is 3.00. The fraction of sp³-hybridized carbons (Fsp3) is 0.308. The lowest BCUT2D eigenvalue weighted by Gasteiger charge is -2.06. The number of H-pyrrole nitrogens is 1. The van der Waals surface area contributed by atoms with Gasteiger partial charge in [0, 0.05) is 22.7 Å². The molecule has 0 aliphatic rings. The maximum Gasteiger partial charge on any atom is 0.159 e. The second-order valence-corrected chi connectivity index (χ2v) is 4.20. The Labute approximate surface area is 94.6 Å². The number of benzene rings is 1. The molecule has 2 aromatic rings. The van der Waals surface area contributed by atoms with E-state index in [0.717, 1.165) is 16.5 Å². The van der Waals surface area contributed by atoms with Crippen molar-refractivity contribution < 1.29 is 4.79 Å². The first-order valence-corrected chi connectivity index (χ1v) is 5.45. The van der Waals surface area contributed by atoms with Gasteiger partial charge in [-0.2, -0.15) is 0 Å². The Balaban J connectivity index is 2.60. The van der Waals surface area contributed by atoms with Crippen LogP contribution in [0.5, 0.6) is 0 Å². The lowest BCUT2D eigenvalue weighted by atomic mass is 9.99. The van der Waals surface area contributed by atoms with E-state index < -0.39 is 0 Å². The molecule has 0 fully saturated rings. The molecule has 3 heteroatoms. The third-order valence-corrected chi connectivity index (χ3v) is 3.00. The van der Waals surface area contributed by atoms with Crippen LogP contribution in [0.2, 0.25) is 0 Å². The summed E-state index contributed by atoms with van der Waals surface area (Å²) in [6.45, 7) is 4.28. The van der Waals surface area contributed by atoms with Crippen molar-refractivity contribution >= 4 is 16.7 Å². The zero-order chi connectivity index (χ0) is 11.7. The van der Waals surface area contributed by atoms with E-state index in [2.05, 4.69) is 11.9 Å². The van der Waals surface area contributed by atoms with E-state index in [1.807, 2.05) is 24.4 Å². The van der Waals surface area contributed by atoms with Gasteiger partial charge in [0.05, 0.1) is 0 Å². The summed E-state index contributed by atoms with van der Waals surface area (Å²) in [7, 11) is 0. The highest BCUT2D eigenvalue weighted by Crippen LogP contribution is 2.25. The van der Waals surface area contributed by atoms with Crippen LogP contribution in [0.3, 0.4) is 0 Å². The highest BCUT2D eigenvalue weighted by Gasteiger charge is 2.11. The number of ketones is 1. The molecule has 1 aromatic heterocycles. The van der Waals surface area contributed by atoms with E-state index >= 15 is 0 Å². The van der Waals surface area contributed by atoms with Crippen LogP contribution in [-0.2, 0) is 0 Å². The summed E-state index contributed by atoms with van der Waals surface area (Å²) in [5, 5.41) is 1.10. The van der Waals surface area contributed by atoms with Gasteiger partial charge in [-0.25, -0.2) is 0 Å². The monoisotopic (exact) mass is 216 g/mol. The summed E-state index contributed by atoms with van der Waals surface area (Å²) < 4.78 is 0. The molecule has 3 nitrogen and oxygen atoms in total. The predicted octanol–water partition coefficient (Wildman–Crippen LogP) is 2.43. The van der Waals surface area contributed by atoms with Gasteiger partial charge in [-0.3, -0.25) is 4.79 Å². The number of carbonyl (C=O) groups is 1. The topological polar surface area (TPSA) is 58.9 Å². The number of carbonyl (C=O) groups excluding carboxylic acids is 1. The summed E-state index contributed by atoms with van der Waals surface area (Å²) >= 11 is 0. The maximum atomic E-state index is 11.3. The minimum absolute atomic E-state index is 0.0921. The van der Waals surface area contributed by atoms with Gasteiger partial charge in [0.15, 0.2) is 5.78 Å². The molecule has 0 amide bonds. The van der Waals surface area contributed by atoms with Crippen molar-refractivity contribution in [1.29, 1.82) is 0 Å². The second-order valence-electron chi connectivity index (χ2n) is 4.20. The SMILES string of the molecule is CC(=O)c1ccc2[nH]cc(C(C)CN)c2c1. The molecular formula is C13H16N2O. The zero-order valence-corrected chi connectivity index (χ0v) is 9.58. The molecule has 0 aliphatic carbocycles. The highest BCUT2D eigenvalue weighted by molar-refractivity contribution is 5.98. The van der Waals surface area contributed by atoms with Crippen molar-refractivity contribution in [3.63, 3.8) is 0 Å². The molecule has 1 unspecified atom stereocenters. The van der Waals surface area contributed by atoms with Crippen molar-refractivity contribution in [3.8, 4) is 0 Å². The first-order valence-electron chi connectivity index (χ1n) is 5.45. The number of nitrogens with one attached hydrogen (secondary N) is 1. The van der Waals surface area contributed by atoms with Crippen LogP contribution in [0.1, 0.15) is 35.7 Å². The second kappa shape index (κ2) is 4.10. The number of hydrogen-bond acceptors (Lipinski definition) is 2. The van der Waals surface area contributed by atoms with Crippen molar-refractivity contribution in [3.05, 3.63) is 35.5 Å². The van der Waals surface area contributed by atoms with E-state index in [9.17, 15) is 4.79 Å². The molecule has 16 heavy (non-hydrogen) atoms. The molecule has 1 aromatic carbocycles. The molecule has 0 saturated carbocycles. The van der Waals surface area contributed by atoms with E-state index in [1.54, 1.807) is 6.92 Å². The van der Waals surface area contributed by atoms with E-state index in [4.69, 9.17) is 5.73 Å². The lowest BCUT2D eigenvalue weighted by Crippen LogP contribution is -2.08. The summed E-state index contributed by atoms with van der Waals surface area (Å²) in [5.74, 6) is 0.394. The molecule has 3 N–H and O–H groups in total. The van der Waals surface area contributed by atoms with Crippen molar-refractivity contribution in [2.45, 2.75) is 19.8 Å². The van der Waals surface area contributed by atoms with Crippen molar-refractivity contribution in [1.82, 2.24) is 4.98 Å². The molecule has 2 rings (SSSR count). The predicted molar refractivity (Wildman–Crippen MR) is 65.8 cm³/mol. The number of rotatable bonds is 3. The molecule has 1 atom stereocenters. The number of aromatic nitrogens is 1. The van der Waals surface area contributed by atoms with Gasteiger partial charge in [-0.1, -0.05) is 6.92 Å². The number of hydrogen-bond donors (Lipinski definition) is 2. The van der Waals surface area contributed by atoms with Gasteiger partial charge in [0.25, 0.3) is 0 Å². The average molecular weight is 216 g/mol. The maximum absolute atomic E-state index is 11.3. The van der Waals surface area contributed by atoms with E-state index in [1.165, 1.54) is 5.56 Å². The van der Waals surface area contributed by atoms with Crippen LogP contribution in [0.15, 0.2) is 24.4 Å². The fourth-order valence-corrected chi connectivity index (χ4v) is 1.90. The van der Waals surface area contributed by atoms with Crippen LogP contribution in [-0.4, -0.2) is 17.3 Å². The highest BCUT2D eigenvalue weighted by atomic mass is 16.1. The Kier molecular flexibility index (Phi) is 2.79. The molecular weight excluding hydrogens is 200 g/mol. The zero-order valence-electron chi connectivity index (χ0n) is 9.58. The number of Topliss-reactive ketones (excluding diaryl/α,β-unsaturated/α-hetero) is 1. The molecule has 1 heterocycles. The molecule has 0 aliphatic heterocycles. The minimum Gasteiger partial charge on any atom is -0.361 e. The number of fused-ring (bicyclic) bond motifs is 1. The standard InChI is InChI=1S/C13H16N2O/c1-8(6-14)12-7-15-13-4-3-10(9(2)16)5-11(12)13/h3-5,7-8,15H,6,14H2,1-2H3. The molecule has 84 valence electrons. The van der Waals surface area contributed by atoms with Gasteiger partial charge in [0.2, 0.25) is 0 Å². The van der Waals surface area contributed by atoms with Crippen LogP contribution in [0, 0.1) is 0 Å². The molecule has 0 saturated heterocycles. The fourth-order valence-electron chi connectivity index (χ4n) is 1.90. The van der Waals surface area contributed by atoms with Gasteiger partial charge in [-0.05, 0) is 43.1 Å². The van der Waals surface area contributed by atoms with Gasteiger partial charge >= 0.3 is 0 Å². The number of aromatic amines is 1. The Bertz CT molecular complexity index is 528. The first kappa shape index (κ1) is 10.9. The third kappa shape index (κ3) is 1.74. The summed E-state index contributed by atoms with van der Waals surface area (Å²) in [6, 6.07) is 5.73. The van der Waals surface area contributed by atoms with Crippen molar-refractivity contribution in [2.75, 3.05) is 6.54 Å².